The quantitative estimate of drug-likeness (QED) is 0.563. The van der Waals surface area contributed by atoms with Gasteiger partial charge in [0.05, 0.1) is 0 Å². The molecule has 0 spiro atoms. The van der Waals surface area contributed by atoms with E-state index in [4.69, 9.17) is 9.47 Å². The molecule has 1 aromatic rings. The Labute approximate surface area is 88.2 Å². The monoisotopic (exact) mass is 207 g/mol. The van der Waals surface area contributed by atoms with E-state index in [1.807, 2.05) is 12.1 Å². The van der Waals surface area contributed by atoms with Crippen LogP contribution in [-0.2, 0) is 17.6 Å². The minimum atomic E-state index is 0.140. The summed E-state index contributed by atoms with van der Waals surface area (Å²) < 4.78 is 10.1. The van der Waals surface area contributed by atoms with Gasteiger partial charge in [-0.25, -0.2) is 0 Å². The van der Waals surface area contributed by atoms with Crippen molar-refractivity contribution in [2.45, 2.75) is 19.3 Å². The zero-order valence-electron chi connectivity index (χ0n) is 8.66. The molecule has 0 bridgehead atoms. The van der Waals surface area contributed by atoms with Crippen LogP contribution in [0.1, 0.15) is 17.5 Å². The third kappa shape index (κ3) is 1.99. The first-order valence-corrected chi connectivity index (χ1v) is 4.96. The number of ether oxygens (including phenoxy) is 2. The molecule has 0 saturated carbocycles. The van der Waals surface area contributed by atoms with Crippen LogP contribution < -0.4 is 4.74 Å². The number of aryl methyl sites for hydroxylation is 2. The fraction of sp³-hybridized carbons (Fsp3) is 0.455. The Bertz CT molecular complexity index is 376. The first kappa shape index (κ1) is 10.1. The highest BCUT2D eigenvalue weighted by molar-refractivity contribution is 5.57. The van der Waals surface area contributed by atoms with Gasteiger partial charge in [0, 0.05) is 7.11 Å². The molecule has 0 radical (unpaired) electrons. The summed E-state index contributed by atoms with van der Waals surface area (Å²) in [5, 5.41) is 2.97. The smallest absolute Gasteiger partial charge is 0.188 e. The van der Waals surface area contributed by atoms with Gasteiger partial charge in [-0.3, -0.25) is 0 Å². The van der Waals surface area contributed by atoms with Crippen LogP contribution in [0.5, 0.6) is 5.75 Å². The van der Waals surface area contributed by atoms with Crippen molar-refractivity contribution in [3.05, 3.63) is 28.2 Å². The van der Waals surface area contributed by atoms with Gasteiger partial charge in [-0.15, -0.1) is 4.91 Å². The molecular weight excluding hydrogens is 194 g/mol. The average molecular weight is 207 g/mol. The Morgan fingerprint density at radius 3 is 2.73 bits per heavy atom. The van der Waals surface area contributed by atoms with Crippen molar-refractivity contribution < 1.29 is 9.47 Å². The standard InChI is InChI=1S/C11H13NO3/c1-14-7-15-11-6-9-4-2-3-8(9)5-10(11)12-13/h5-6H,2-4,7H2,1H3. The molecule has 80 valence electrons. The minimum Gasteiger partial charge on any atom is -0.465 e. The summed E-state index contributed by atoms with van der Waals surface area (Å²) >= 11 is 0. The molecule has 0 N–H and O–H groups in total. The number of benzene rings is 1. The van der Waals surface area contributed by atoms with Gasteiger partial charge in [-0.2, -0.15) is 0 Å². The van der Waals surface area contributed by atoms with Crippen molar-refractivity contribution in [1.29, 1.82) is 0 Å². The first-order valence-electron chi connectivity index (χ1n) is 4.96. The second-order valence-corrected chi connectivity index (χ2v) is 3.58. The predicted molar refractivity (Wildman–Crippen MR) is 56.4 cm³/mol. The normalized spacial score (nSPS) is 13.7. The van der Waals surface area contributed by atoms with Gasteiger partial charge >= 0.3 is 0 Å². The van der Waals surface area contributed by atoms with Crippen LogP contribution >= 0.6 is 0 Å². The lowest BCUT2D eigenvalue weighted by atomic mass is 10.1. The molecule has 0 aromatic heterocycles. The van der Waals surface area contributed by atoms with Gasteiger partial charge in [0.1, 0.15) is 5.69 Å². The van der Waals surface area contributed by atoms with E-state index in [0.717, 1.165) is 19.3 Å². The molecule has 0 heterocycles. The fourth-order valence-corrected chi connectivity index (χ4v) is 1.90. The van der Waals surface area contributed by atoms with E-state index in [0.29, 0.717) is 11.4 Å². The molecule has 0 saturated heterocycles. The Morgan fingerprint density at radius 2 is 2.07 bits per heavy atom. The van der Waals surface area contributed by atoms with Crippen LogP contribution in [0.25, 0.3) is 0 Å². The average Bonchev–Trinajstić information content (AvgIpc) is 2.71. The van der Waals surface area contributed by atoms with E-state index in [1.54, 1.807) is 7.11 Å². The molecule has 0 unspecified atom stereocenters. The van der Waals surface area contributed by atoms with Gasteiger partial charge in [-0.1, -0.05) is 0 Å². The first-order chi connectivity index (χ1) is 7.35. The molecule has 15 heavy (non-hydrogen) atoms. The van der Waals surface area contributed by atoms with Crippen molar-refractivity contribution in [2.24, 2.45) is 5.18 Å². The molecule has 1 aliphatic carbocycles. The summed E-state index contributed by atoms with van der Waals surface area (Å²) in [6.07, 6.45) is 3.22. The molecule has 4 nitrogen and oxygen atoms in total. The Morgan fingerprint density at radius 1 is 1.33 bits per heavy atom. The van der Waals surface area contributed by atoms with Gasteiger partial charge in [-0.05, 0) is 47.7 Å². The van der Waals surface area contributed by atoms with Crippen molar-refractivity contribution in [1.82, 2.24) is 0 Å². The van der Waals surface area contributed by atoms with Crippen LogP contribution in [0.3, 0.4) is 0 Å². The lowest BCUT2D eigenvalue weighted by Gasteiger charge is -2.08. The Hall–Kier alpha value is -1.42. The van der Waals surface area contributed by atoms with Crippen molar-refractivity contribution in [2.75, 3.05) is 13.9 Å². The number of fused-ring (bicyclic) bond motifs is 1. The highest BCUT2D eigenvalue weighted by Crippen LogP contribution is 2.35. The molecule has 2 rings (SSSR count). The largest absolute Gasteiger partial charge is 0.465 e. The molecule has 0 atom stereocenters. The Kier molecular flexibility index (Phi) is 2.97. The zero-order valence-corrected chi connectivity index (χ0v) is 8.66. The second-order valence-electron chi connectivity index (χ2n) is 3.58. The van der Waals surface area contributed by atoms with Crippen LogP contribution in [-0.4, -0.2) is 13.9 Å². The summed E-state index contributed by atoms with van der Waals surface area (Å²) in [5.74, 6) is 0.521. The number of hydrogen-bond donors (Lipinski definition) is 0. The third-order valence-corrected chi connectivity index (χ3v) is 2.60. The van der Waals surface area contributed by atoms with Crippen LogP contribution in [0.15, 0.2) is 17.3 Å². The SMILES string of the molecule is COCOc1cc2c(cc1N=O)CCC2. The lowest BCUT2D eigenvalue weighted by Crippen LogP contribution is -1.99. The maximum atomic E-state index is 10.6. The highest BCUT2D eigenvalue weighted by Gasteiger charge is 2.15. The number of nitroso groups, excluding NO2 is 1. The van der Waals surface area contributed by atoms with Crippen molar-refractivity contribution in [3.8, 4) is 5.75 Å². The number of nitrogens with zero attached hydrogens (tertiary/aromatic N) is 1. The minimum absolute atomic E-state index is 0.140. The summed E-state index contributed by atoms with van der Waals surface area (Å²) in [6.45, 7) is 0.140. The van der Waals surface area contributed by atoms with E-state index < -0.39 is 0 Å². The third-order valence-electron chi connectivity index (χ3n) is 2.60. The fourth-order valence-electron chi connectivity index (χ4n) is 1.90. The summed E-state index contributed by atoms with van der Waals surface area (Å²) in [7, 11) is 1.54. The van der Waals surface area contributed by atoms with Gasteiger partial charge in [0.25, 0.3) is 0 Å². The summed E-state index contributed by atoms with van der Waals surface area (Å²) in [5.41, 5.74) is 2.84. The molecule has 0 aliphatic heterocycles. The number of methoxy groups -OCH3 is 1. The predicted octanol–water partition coefficient (Wildman–Crippen LogP) is 2.56. The van der Waals surface area contributed by atoms with Crippen LogP contribution in [0.4, 0.5) is 5.69 Å². The molecular formula is C11H13NO3. The van der Waals surface area contributed by atoms with Crippen LogP contribution in [0.2, 0.25) is 0 Å². The Balaban J connectivity index is 2.31. The molecule has 1 aliphatic rings. The van der Waals surface area contributed by atoms with Crippen LogP contribution in [0, 0.1) is 4.91 Å². The van der Waals surface area contributed by atoms with E-state index >= 15 is 0 Å². The lowest BCUT2D eigenvalue weighted by molar-refractivity contribution is 0.0515. The van der Waals surface area contributed by atoms with Crippen molar-refractivity contribution >= 4 is 5.69 Å². The summed E-state index contributed by atoms with van der Waals surface area (Å²) in [6, 6.07) is 3.72. The van der Waals surface area contributed by atoms with Gasteiger partial charge < -0.3 is 9.47 Å². The molecule has 0 fully saturated rings. The topological polar surface area (TPSA) is 47.9 Å². The van der Waals surface area contributed by atoms with Gasteiger partial charge in [0.2, 0.25) is 0 Å². The second kappa shape index (κ2) is 4.40. The van der Waals surface area contributed by atoms with E-state index in [2.05, 4.69) is 5.18 Å². The number of hydrogen-bond acceptors (Lipinski definition) is 4. The van der Waals surface area contributed by atoms with E-state index in [1.165, 1.54) is 11.1 Å². The maximum absolute atomic E-state index is 10.6. The van der Waals surface area contributed by atoms with Gasteiger partial charge in [0.15, 0.2) is 12.5 Å². The molecule has 4 heteroatoms. The van der Waals surface area contributed by atoms with Crippen molar-refractivity contribution in [3.63, 3.8) is 0 Å². The van der Waals surface area contributed by atoms with E-state index in [-0.39, 0.29) is 6.79 Å². The molecule has 1 aromatic carbocycles. The molecule has 0 amide bonds. The zero-order chi connectivity index (χ0) is 10.7. The maximum Gasteiger partial charge on any atom is 0.188 e. The van der Waals surface area contributed by atoms with E-state index in [9.17, 15) is 4.91 Å². The highest BCUT2D eigenvalue weighted by atomic mass is 16.7. The summed E-state index contributed by atoms with van der Waals surface area (Å²) in [4.78, 5) is 10.6. The number of rotatable bonds is 4.